The molecule has 0 fully saturated rings. The summed E-state index contributed by atoms with van der Waals surface area (Å²) in [6.45, 7) is 0. The Bertz CT molecular complexity index is 415. The van der Waals surface area contributed by atoms with Gasteiger partial charge in [-0.2, -0.15) is 0 Å². The molecular formula is C10H8BrFO3. The number of benzene rings is 1. The summed E-state index contributed by atoms with van der Waals surface area (Å²) in [5.41, 5.74) is 0.367. The molecule has 0 radical (unpaired) electrons. The van der Waals surface area contributed by atoms with Crippen molar-refractivity contribution >= 4 is 28.0 Å². The number of carboxylic acids is 1. The average molecular weight is 275 g/mol. The zero-order valence-electron chi connectivity index (χ0n) is 7.83. The van der Waals surface area contributed by atoms with Gasteiger partial charge in [0.05, 0.1) is 7.11 Å². The Hall–Kier alpha value is -1.36. The van der Waals surface area contributed by atoms with Crippen LogP contribution < -0.4 is 4.74 Å². The fourth-order valence-corrected chi connectivity index (χ4v) is 1.53. The van der Waals surface area contributed by atoms with E-state index in [4.69, 9.17) is 9.84 Å². The highest BCUT2D eigenvalue weighted by Crippen LogP contribution is 2.27. The summed E-state index contributed by atoms with van der Waals surface area (Å²) < 4.78 is 18.6. The average Bonchev–Trinajstić information content (AvgIpc) is 2.13. The summed E-state index contributed by atoms with van der Waals surface area (Å²) >= 11 is 3.11. The molecule has 0 saturated carbocycles. The van der Waals surface area contributed by atoms with Crippen molar-refractivity contribution in [2.45, 2.75) is 0 Å². The van der Waals surface area contributed by atoms with Gasteiger partial charge in [0.15, 0.2) is 11.6 Å². The number of carboxylic acid groups (broad SMARTS) is 1. The minimum atomic E-state index is -1.10. The lowest BCUT2D eigenvalue weighted by Gasteiger charge is -2.06. The van der Waals surface area contributed by atoms with Crippen molar-refractivity contribution < 1.29 is 19.0 Å². The molecule has 0 amide bonds. The third-order valence-corrected chi connectivity index (χ3v) is 2.10. The topological polar surface area (TPSA) is 46.5 Å². The molecule has 1 aromatic carbocycles. The van der Waals surface area contributed by atoms with E-state index in [-0.39, 0.29) is 5.75 Å². The highest BCUT2D eigenvalue weighted by atomic mass is 79.9. The molecule has 0 aliphatic heterocycles. The fourth-order valence-electron chi connectivity index (χ4n) is 1.08. The van der Waals surface area contributed by atoms with Crippen LogP contribution >= 0.6 is 15.9 Å². The summed E-state index contributed by atoms with van der Waals surface area (Å²) in [4.78, 5) is 10.3. The van der Waals surface area contributed by atoms with E-state index in [0.29, 0.717) is 10.0 Å². The van der Waals surface area contributed by atoms with Crippen molar-refractivity contribution in [1.29, 1.82) is 0 Å². The van der Waals surface area contributed by atoms with Gasteiger partial charge in [0.2, 0.25) is 0 Å². The number of halogens is 2. The first kappa shape index (κ1) is 11.7. The highest BCUT2D eigenvalue weighted by molar-refractivity contribution is 9.10. The third kappa shape index (κ3) is 3.06. The van der Waals surface area contributed by atoms with Crippen molar-refractivity contribution in [3.63, 3.8) is 0 Å². The molecule has 5 heteroatoms. The summed E-state index contributed by atoms with van der Waals surface area (Å²) in [7, 11) is 1.32. The normalized spacial score (nSPS) is 10.6. The van der Waals surface area contributed by atoms with Crippen molar-refractivity contribution in [2.75, 3.05) is 7.11 Å². The Balaban J connectivity index is 3.20. The van der Waals surface area contributed by atoms with E-state index in [0.717, 1.165) is 6.08 Å². The molecule has 0 aromatic heterocycles. The molecular weight excluding hydrogens is 267 g/mol. The third-order valence-electron chi connectivity index (χ3n) is 1.65. The molecule has 0 saturated heterocycles. The number of aliphatic carboxylic acids is 1. The Kier molecular flexibility index (Phi) is 3.85. The van der Waals surface area contributed by atoms with Crippen LogP contribution in [0.15, 0.2) is 22.7 Å². The molecule has 0 aliphatic rings. The summed E-state index contributed by atoms with van der Waals surface area (Å²) in [5.74, 6) is -1.62. The van der Waals surface area contributed by atoms with E-state index in [2.05, 4.69) is 15.9 Å². The van der Waals surface area contributed by atoms with Gasteiger partial charge in [0, 0.05) is 16.1 Å². The van der Waals surface area contributed by atoms with Crippen molar-refractivity contribution in [3.8, 4) is 5.75 Å². The summed E-state index contributed by atoms with van der Waals surface area (Å²) in [6.07, 6.45) is 2.19. The molecule has 1 N–H and O–H groups in total. The lowest BCUT2D eigenvalue weighted by molar-refractivity contribution is -0.131. The van der Waals surface area contributed by atoms with Crippen LogP contribution in [0, 0.1) is 5.82 Å². The molecule has 1 rings (SSSR count). The number of hydrogen-bond donors (Lipinski definition) is 1. The van der Waals surface area contributed by atoms with Crippen LogP contribution in [-0.4, -0.2) is 18.2 Å². The molecule has 0 unspecified atom stereocenters. The first-order chi connectivity index (χ1) is 7.04. The lowest BCUT2D eigenvalue weighted by atomic mass is 10.2. The first-order valence-corrected chi connectivity index (χ1v) is 4.78. The van der Waals surface area contributed by atoms with Gasteiger partial charge in [-0.15, -0.1) is 0 Å². The summed E-state index contributed by atoms with van der Waals surface area (Å²) in [6, 6.07) is 2.82. The van der Waals surface area contributed by atoms with Gasteiger partial charge in [-0.3, -0.25) is 0 Å². The maximum atomic E-state index is 13.3. The van der Waals surface area contributed by atoms with Crippen LogP contribution in [0.25, 0.3) is 6.08 Å². The highest BCUT2D eigenvalue weighted by Gasteiger charge is 2.08. The van der Waals surface area contributed by atoms with E-state index in [1.54, 1.807) is 6.07 Å². The van der Waals surface area contributed by atoms with Gasteiger partial charge in [-0.1, -0.05) is 15.9 Å². The predicted octanol–water partition coefficient (Wildman–Crippen LogP) is 2.69. The van der Waals surface area contributed by atoms with Crippen LogP contribution in [0.1, 0.15) is 5.56 Å². The Morgan fingerprint density at radius 2 is 2.27 bits per heavy atom. The number of rotatable bonds is 3. The SMILES string of the molecule is COc1c(F)cc(Br)cc1/C=C/C(=O)O. The Morgan fingerprint density at radius 3 is 2.80 bits per heavy atom. The quantitative estimate of drug-likeness (QED) is 0.863. The first-order valence-electron chi connectivity index (χ1n) is 3.98. The van der Waals surface area contributed by atoms with Crippen LogP contribution in [0.3, 0.4) is 0 Å². The second kappa shape index (κ2) is 4.93. The molecule has 0 atom stereocenters. The van der Waals surface area contributed by atoms with Crippen LogP contribution in [-0.2, 0) is 4.79 Å². The standard InChI is InChI=1S/C10H8BrFO3/c1-15-10-6(2-3-9(13)14)4-7(11)5-8(10)12/h2-5H,1H3,(H,13,14)/b3-2+. The molecule has 80 valence electrons. The molecule has 0 spiro atoms. The Morgan fingerprint density at radius 1 is 1.60 bits per heavy atom. The van der Waals surface area contributed by atoms with E-state index >= 15 is 0 Å². The largest absolute Gasteiger partial charge is 0.493 e. The Labute approximate surface area is 94.3 Å². The molecule has 0 bridgehead atoms. The van der Waals surface area contributed by atoms with Gasteiger partial charge in [-0.05, 0) is 18.2 Å². The molecule has 3 nitrogen and oxygen atoms in total. The van der Waals surface area contributed by atoms with Crippen molar-refractivity contribution in [2.24, 2.45) is 0 Å². The smallest absolute Gasteiger partial charge is 0.328 e. The van der Waals surface area contributed by atoms with Crippen molar-refractivity contribution in [3.05, 3.63) is 34.1 Å². The van der Waals surface area contributed by atoms with Gasteiger partial charge < -0.3 is 9.84 Å². The summed E-state index contributed by atoms with van der Waals surface area (Å²) in [5, 5.41) is 8.44. The number of carbonyl (C=O) groups is 1. The van der Waals surface area contributed by atoms with Gasteiger partial charge in [0.25, 0.3) is 0 Å². The minimum Gasteiger partial charge on any atom is -0.493 e. The number of ether oxygens (including phenoxy) is 1. The zero-order chi connectivity index (χ0) is 11.4. The number of methoxy groups -OCH3 is 1. The maximum Gasteiger partial charge on any atom is 0.328 e. The number of hydrogen-bond acceptors (Lipinski definition) is 2. The van der Waals surface area contributed by atoms with E-state index < -0.39 is 11.8 Å². The predicted molar refractivity (Wildman–Crippen MR) is 57.3 cm³/mol. The maximum absolute atomic E-state index is 13.3. The van der Waals surface area contributed by atoms with Gasteiger partial charge >= 0.3 is 5.97 Å². The van der Waals surface area contributed by atoms with Crippen LogP contribution in [0.2, 0.25) is 0 Å². The van der Waals surface area contributed by atoms with Crippen LogP contribution in [0.5, 0.6) is 5.75 Å². The molecule has 15 heavy (non-hydrogen) atoms. The van der Waals surface area contributed by atoms with Gasteiger partial charge in [0.1, 0.15) is 0 Å². The zero-order valence-corrected chi connectivity index (χ0v) is 9.42. The molecule has 0 aliphatic carbocycles. The van der Waals surface area contributed by atoms with E-state index in [1.165, 1.54) is 19.3 Å². The van der Waals surface area contributed by atoms with Crippen LogP contribution in [0.4, 0.5) is 4.39 Å². The van der Waals surface area contributed by atoms with E-state index in [9.17, 15) is 9.18 Å². The monoisotopic (exact) mass is 274 g/mol. The van der Waals surface area contributed by atoms with E-state index in [1.807, 2.05) is 0 Å². The van der Waals surface area contributed by atoms with Gasteiger partial charge in [-0.25, -0.2) is 9.18 Å². The molecule has 1 aromatic rings. The minimum absolute atomic E-state index is 0.0238. The second-order valence-corrected chi connectivity index (χ2v) is 3.60. The fraction of sp³-hybridized carbons (Fsp3) is 0.100. The lowest BCUT2D eigenvalue weighted by Crippen LogP contribution is -1.93. The second-order valence-electron chi connectivity index (χ2n) is 2.68. The van der Waals surface area contributed by atoms with Crippen molar-refractivity contribution in [1.82, 2.24) is 0 Å². The molecule has 0 heterocycles.